The van der Waals surface area contributed by atoms with E-state index in [9.17, 15) is 61.0 Å². The average molecular weight is 1600 g/mol. The van der Waals surface area contributed by atoms with E-state index in [2.05, 4.69) is 165 Å². The largest absolute Gasteiger partial charge is 0.394 e. The van der Waals surface area contributed by atoms with Crippen molar-refractivity contribution in [1.29, 1.82) is 0 Å². The van der Waals surface area contributed by atoms with Gasteiger partial charge in [0.2, 0.25) is 5.91 Å². The molecule has 3 fully saturated rings. The van der Waals surface area contributed by atoms with Gasteiger partial charge >= 0.3 is 0 Å². The summed E-state index contributed by atoms with van der Waals surface area (Å²) in [7, 11) is 0. The van der Waals surface area contributed by atoms with Crippen molar-refractivity contribution in [3.63, 3.8) is 0 Å². The Labute approximate surface area is 688 Å². The number of carbonyl (C=O) groups is 1. The molecule has 12 N–H and O–H groups in total. The van der Waals surface area contributed by atoms with Crippen LogP contribution in [-0.2, 0) is 33.2 Å². The number of allylic oxidation sites excluding steroid dienone is 25. The Hall–Kier alpha value is -4.59. The molecule has 3 aliphatic rings. The van der Waals surface area contributed by atoms with Crippen LogP contribution in [-0.4, -0.2) is 193 Å². The second-order valence-corrected chi connectivity index (χ2v) is 31.0. The number of aliphatic hydroxyl groups is 11. The van der Waals surface area contributed by atoms with Gasteiger partial charge in [0.25, 0.3) is 0 Å². The first-order chi connectivity index (χ1) is 55.8. The van der Waals surface area contributed by atoms with Crippen LogP contribution in [0.25, 0.3) is 0 Å². The number of nitrogens with one attached hydrogen (secondary N) is 1. The highest BCUT2D eigenvalue weighted by atomic mass is 16.8. The molecular formula is C95H159NO18. The lowest BCUT2D eigenvalue weighted by atomic mass is 9.96. The predicted octanol–water partition coefficient (Wildman–Crippen LogP) is 17.1. The normalized spacial score (nSPS) is 25.5. The van der Waals surface area contributed by atoms with Gasteiger partial charge in [-0.15, -0.1) is 0 Å². The van der Waals surface area contributed by atoms with E-state index in [1.807, 2.05) is 6.08 Å². The van der Waals surface area contributed by atoms with Gasteiger partial charge in [-0.05, 0) is 122 Å². The first kappa shape index (κ1) is 104. The minimum atomic E-state index is -1.99. The Kier molecular flexibility index (Phi) is 65.8. The minimum Gasteiger partial charge on any atom is -0.394 e. The van der Waals surface area contributed by atoms with Gasteiger partial charge in [0, 0.05) is 6.42 Å². The van der Waals surface area contributed by atoms with Gasteiger partial charge < -0.3 is 89.9 Å². The molecule has 19 heteroatoms. The number of hydrogen-bond donors (Lipinski definition) is 12. The Morgan fingerprint density at radius 1 is 0.325 bits per heavy atom. The van der Waals surface area contributed by atoms with E-state index in [1.165, 1.54) is 135 Å². The lowest BCUT2D eigenvalue weighted by molar-refractivity contribution is -0.379. The summed E-state index contributed by atoms with van der Waals surface area (Å²) in [5.74, 6) is -0.302. The van der Waals surface area contributed by atoms with Crippen LogP contribution in [0.5, 0.6) is 0 Å². The number of carbonyl (C=O) groups excluding carboxylic acids is 1. The molecule has 3 saturated heterocycles. The maximum absolute atomic E-state index is 13.5. The summed E-state index contributed by atoms with van der Waals surface area (Å²) in [6.07, 6.45) is 81.0. The van der Waals surface area contributed by atoms with E-state index in [4.69, 9.17) is 28.4 Å². The van der Waals surface area contributed by atoms with Gasteiger partial charge in [0.15, 0.2) is 18.9 Å². The third kappa shape index (κ3) is 50.4. The minimum absolute atomic E-state index is 0.212. The molecule has 0 bridgehead atoms. The van der Waals surface area contributed by atoms with Crippen LogP contribution in [0.1, 0.15) is 303 Å². The van der Waals surface area contributed by atoms with Crippen molar-refractivity contribution in [2.75, 3.05) is 26.4 Å². The number of unbranched alkanes of at least 4 members (excludes halogenated alkanes) is 30. The van der Waals surface area contributed by atoms with E-state index in [1.54, 1.807) is 6.08 Å². The highest BCUT2D eigenvalue weighted by molar-refractivity contribution is 5.76. The molecule has 0 spiro atoms. The predicted molar refractivity (Wildman–Crippen MR) is 461 cm³/mol. The van der Waals surface area contributed by atoms with Crippen LogP contribution < -0.4 is 5.32 Å². The van der Waals surface area contributed by atoms with Crippen LogP contribution in [0.4, 0.5) is 0 Å². The van der Waals surface area contributed by atoms with Crippen molar-refractivity contribution in [2.24, 2.45) is 0 Å². The molecule has 0 aliphatic carbocycles. The molecule has 0 aromatic heterocycles. The van der Waals surface area contributed by atoms with Crippen molar-refractivity contribution in [3.05, 3.63) is 158 Å². The highest BCUT2D eigenvalue weighted by Gasteiger charge is 2.54. The summed E-state index contributed by atoms with van der Waals surface area (Å²) in [4.78, 5) is 13.5. The third-order valence-electron chi connectivity index (χ3n) is 21.0. The molecule has 19 nitrogen and oxygen atoms in total. The standard InChI is InChI=1S/C95H159NO18/c1-3-5-7-9-11-13-15-17-19-21-23-25-27-29-31-33-35-36-37-38-39-40-41-42-43-45-47-49-51-53-55-57-59-61-63-65-67-69-71-73-83(101)96-78(79(100)72-70-68-66-64-62-60-58-56-54-52-50-48-46-44-34-32-30-28-26-24-22-20-18-16-14-12-10-8-6-4-2)77-109-93-89(107)86(104)91(81(75-98)111-93)114-95-90(108)87(105)92(82(76-99)112-95)113-94-88(106)85(103)84(102)80(74-97)110-94/h5,7,11,13,17,19,23,25,29,31,35-36,38-39,41-42,45,47,51,53-54,56,62,64,70,72,78-82,84-95,97-100,102-108H,3-4,6,8-10,12,14-16,18,20-22,24,26-28,30,32-34,37,40,43-44,46,48-50,52,55,57-61,63,65-69,71,73-77H2,1-2H3,(H,96,101)/b7-5-,13-11-,19-17-,25-23-,31-29-,36-35-,39-38-,42-41-,47-45-,53-51-,56-54+,64-62+,72-70+. The van der Waals surface area contributed by atoms with Crippen molar-refractivity contribution in [1.82, 2.24) is 5.32 Å². The summed E-state index contributed by atoms with van der Waals surface area (Å²) >= 11 is 0. The van der Waals surface area contributed by atoms with Gasteiger partial charge in [-0.25, -0.2) is 0 Å². The molecule has 0 aromatic carbocycles. The number of rotatable bonds is 70. The zero-order chi connectivity index (χ0) is 82.4. The quantitative estimate of drug-likeness (QED) is 0.0199. The maximum Gasteiger partial charge on any atom is 0.220 e. The van der Waals surface area contributed by atoms with E-state index >= 15 is 0 Å². The fourth-order valence-electron chi connectivity index (χ4n) is 14.0. The van der Waals surface area contributed by atoms with Gasteiger partial charge in [0.05, 0.1) is 38.6 Å². The van der Waals surface area contributed by atoms with E-state index in [-0.39, 0.29) is 18.9 Å². The van der Waals surface area contributed by atoms with Crippen LogP contribution in [0.2, 0.25) is 0 Å². The van der Waals surface area contributed by atoms with E-state index in [0.29, 0.717) is 12.8 Å². The highest BCUT2D eigenvalue weighted by Crippen LogP contribution is 2.33. The molecular weight excluding hydrogens is 1440 g/mol. The lowest BCUT2D eigenvalue weighted by Gasteiger charge is -2.48. The Balaban J connectivity index is 1.36. The van der Waals surface area contributed by atoms with Crippen molar-refractivity contribution in [2.45, 2.75) is 407 Å². The van der Waals surface area contributed by atoms with Crippen LogP contribution in [0.15, 0.2) is 158 Å². The fourth-order valence-corrected chi connectivity index (χ4v) is 14.0. The van der Waals surface area contributed by atoms with E-state index in [0.717, 1.165) is 135 Å². The monoisotopic (exact) mass is 1600 g/mol. The van der Waals surface area contributed by atoms with Crippen molar-refractivity contribution < 1.29 is 89.4 Å². The molecule has 114 heavy (non-hydrogen) atoms. The summed E-state index contributed by atoms with van der Waals surface area (Å²) in [5, 5.41) is 121. The lowest BCUT2D eigenvalue weighted by Crippen LogP contribution is -2.66. The maximum atomic E-state index is 13.5. The summed E-state index contributed by atoms with van der Waals surface area (Å²) in [5.41, 5.74) is 0. The molecule has 0 aromatic rings. The average Bonchev–Trinajstić information content (AvgIpc) is 0.783. The van der Waals surface area contributed by atoms with Gasteiger partial charge in [-0.1, -0.05) is 332 Å². The zero-order valence-electron chi connectivity index (χ0n) is 70.3. The van der Waals surface area contributed by atoms with Crippen LogP contribution >= 0.6 is 0 Å². The Morgan fingerprint density at radius 2 is 0.614 bits per heavy atom. The summed E-state index contributed by atoms with van der Waals surface area (Å²) in [6.45, 7) is 1.60. The molecule has 0 radical (unpaired) electrons. The van der Waals surface area contributed by atoms with Gasteiger partial charge in [-0.3, -0.25) is 4.79 Å². The smallest absolute Gasteiger partial charge is 0.220 e. The molecule has 17 atom stereocenters. The topological polar surface area (TPSA) is 307 Å². The summed E-state index contributed by atoms with van der Waals surface area (Å²) in [6, 6.07) is -1.02. The number of amides is 1. The zero-order valence-corrected chi connectivity index (χ0v) is 70.3. The van der Waals surface area contributed by atoms with Gasteiger partial charge in [-0.2, -0.15) is 0 Å². The fraction of sp³-hybridized carbons (Fsp3) is 0.716. The number of ether oxygens (including phenoxy) is 6. The molecule has 652 valence electrons. The molecule has 3 heterocycles. The number of hydrogen-bond acceptors (Lipinski definition) is 18. The SMILES string of the molecule is CC/C=C\C/C=C\C/C=C\C/C=C\C/C=C\C/C=C\C/C=C\C/C=C\C/C=C\C/C=C\CCCCCCCCCCC(=O)NC(COC1OC(CO)C(OC2OC(CO)C(OC3OC(CO)C(O)C(O)C3O)C(O)C2O)C(O)C1O)C(O)/C=C/CC/C=C/CC/C=C/CCCCCCCCCCCCCCCCCCCCCC. The molecule has 0 saturated carbocycles. The molecule has 3 aliphatic heterocycles. The second kappa shape index (κ2) is 72.4. The molecule has 1 amide bonds. The van der Waals surface area contributed by atoms with E-state index < -0.39 is 124 Å². The Morgan fingerprint density at radius 3 is 0.982 bits per heavy atom. The third-order valence-corrected chi connectivity index (χ3v) is 21.0. The summed E-state index contributed by atoms with van der Waals surface area (Å²) < 4.78 is 34.5. The number of aliphatic hydroxyl groups excluding tert-OH is 11. The van der Waals surface area contributed by atoms with Gasteiger partial charge in [0.1, 0.15) is 73.2 Å². The Bertz CT molecular complexity index is 2680. The van der Waals surface area contributed by atoms with Crippen molar-refractivity contribution in [3.8, 4) is 0 Å². The first-order valence-corrected chi connectivity index (χ1v) is 44.7. The first-order valence-electron chi connectivity index (χ1n) is 44.7. The molecule has 17 unspecified atom stereocenters. The van der Waals surface area contributed by atoms with Crippen LogP contribution in [0.3, 0.4) is 0 Å². The second-order valence-electron chi connectivity index (χ2n) is 31.0. The van der Waals surface area contributed by atoms with Crippen molar-refractivity contribution >= 4 is 5.91 Å². The van der Waals surface area contributed by atoms with Crippen LogP contribution in [0, 0.1) is 0 Å². The molecule has 3 rings (SSSR count).